The Labute approximate surface area is 104 Å². The Morgan fingerprint density at radius 1 is 1.28 bits per heavy atom. The molecule has 1 aliphatic carbocycles. The lowest BCUT2D eigenvalue weighted by atomic mass is 9.83. The lowest BCUT2D eigenvalue weighted by molar-refractivity contribution is -0.567. The second-order valence-corrected chi connectivity index (χ2v) is 4.82. The summed E-state index contributed by atoms with van der Waals surface area (Å²) in [5.41, 5.74) is -2.01. The van der Waals surface area contributed by atoms with Crippen LogP contribution < -0.4 is 0 Å². The molecule has 0 spiro atoms. The van der Waals surface area contributed by atoms with Crippen LogP contribution in [-0.4, -0.2) is 28.2 Å². The molecule has 0 saturated carbocycles. The van der Waals surface area contributed by atoms with E-state index in [0.29, 0.717) is 0 Å². The quantitative estimate of drug-likeness (QED) is 0.437. The summed E-state index contributed by atoms with van der Waals surface area (Å²) in [6.07, 6.45) is -1.26. The molecule has 1 atom stereocenters. The second-order valence-electron chi connectivity index (χ2n) is 4.82. The standard InChI is InChI=1S/C12H14FNO4/c1-6-7(2)10(16)8(5-9(6)15)11(13)12(3,4)14(17)18/h5,11H,1-4H3. The number of allylic oxidation sites excluding steroid dienone is 3. The molecule has 6 heteroatoms. The first-order valence-electron chi connectivity index (χ1n) is 5.37. The molecule has 0 bridgehead atoms. The molecular weight excluding hydrogens is 241 g/mol. The topological polar surface area (TPSA) is 77.3 Å². The fourth-order valence-electron chi connectivity index (χ4n) is 1.55. The Kier molecular flexibility index (Phi) is 3.50. The van der Waals surface area contributed by atoms with E-state index in [1.54, 1.807) is 0 Å². The van der Waals surface area contributed by atoms with Crippen LogP contribution in [0.15, 0.2) is 22.8 Å². The van der Waals surface area contributed by atoms with Crippen LogP contribution >= 0.6 is 0 Å². The van der Waals surface area contributed by atoms with Gasteiger partial charge < -0.3 is 0 Å². The van der Waals surface area contributed by atoms with Gasteiger partial charge in [-0.1, -0.05) is 0 Å². The number of nitrogens with zero attached hydrogens (tertiary/aromatic N) is 1. The average Bonchev–Trinajstić information content (AvgIpc) is 2.30. The largest absolute Gasteiger partial charge is 0.290 e. The number of carbonyl (C=O) groups excluding carboxylic acids is 2. The number of alkyl halides is 1. The van der Waals surface area contributed by atoms with Gasteiger partial charge in [0.1, 0.15) is 0 Å². The Morgan fingerprint density at radius 2 is 1.78 bits per heavy atom. The third-order valence-electron chi connectivity index (χ3n) is 3.19. The maximum Gasteiger partial charge on any atom is 0.251 e. The molecule has 0 heterocycles. The Balaban J connectivity index is 3.21. The lowest BCUT2D eigenvalue weighted by Gasteiger charge is -2.24. The minimum atomic E-state index is -2.12. The van der Waals surface area contributed by atoms with Gasteiger partial charge in [0.2, 0.25) is 0 Å². The van der Waals surface area contributed by atoms with E-state index in [0.717, 1.165) is 19.9 Å². The van der Waals surface area contributed by atoms with Crippen LogP contribution in [0.5, 0.6) is 0 Å². The monoisotopic (exact) mass is 255 g/mol. The molecule has 0 aromatic rings. The minimum Gasteiger partial charge on any atom is -0.290 e. The number of Topliss-reactive ketones (excluding diaryl/α,β-unsaturated/α-hetero) is 1. The zero-order valence-electron chi connectivity index (χ0n) is 10.6. The van der Waals surface area contributed by atoms with Crippen molar-refractivity contribution >= 4 is 11.6 Å². The summed E-state index contributed by atoms with van der Waals surface area (Å²) >= 11 is 0. The van der Waals surface area contributed by atoms with Crippen molar-refractivity contribution in [3.05, 3.63) is 32.9 Å². The van der Waals surface area contributed by atoms with Crippen molar-refractivity contribution in [1.82, 2.24) is 0 Å². The van der Waals surface area contributed by atoms with E-state index in [1.807, 2.05) is 0 Å². The highest BCUT2D eigenvalue weighted by Gasteiger charge is 2.46. The van der Waals surface area contributed by atoms with Crippen LogP contribution in [0.2, 0.25) is 0 Å². The van der Waals surface area contributed by atoms with Gasteiger partial charge in [-0.05, 0) is 19.9 Å². The molecule has 0 aromatic heterocycles. The summed E-state index contributed by atoms with van der Waals surface area (Å²) in [7, 11) is 0. The van der Waals surface area contributed by atoms with Crippen LogP contribution in [0.1, 0.15) is 27.7 Å². The van der Waals surface area contributed by atoms with Crippen molar-refractivity contribution in [3.8, 4) is 0 Å². The SMILES string of the molecule is CC1=C(C)C(=O)C(C(F)C(C)(C)[N+](=O)[O-])=CC1=O. The summed E-state index contributed by atoms with van der Waals surface area (Å²) in [6, 6.07) is 0. The maximum absolute atomic E-state index is 14.1. The Hall–Kier alpha value is -1.85. The van der Waals surface area contributed by atoms with Crippen molar-refractivity contribution < 1.29 is 18.9 Å². The van der Waals surface area contributed by atoms with Gasteiger partial charge in [-0.25, -0.2) is 4.39 Å². The number of ketones is 2. The van der Waals surface area contributed by atoms with Gasteiger partial charge in [-0.3, -0.25) is 19.7 Å². The van der Waals surface area contributed by atoms with E-state index in [4.69, 9.17) is 0 Å². The van der Waals surface area contributed by atoms with E-state index in [9.17, 15) is 24.1 Å². The molecule has 5 nitrogen and oxygen atoms in total. The molecule has 0 fully saturated rings. The van der Waals surface area contributed by atoms with Crippen molar-refractivity contribution in [2.24, 2.45) is 0 Å². The predicted molar refractivity (Wildman–Crippen MR) is 62.4 cm³/mol. The fraction of sp³-hybridized carbons (Fsp3) is 0.500. The molecule has 0 amide bonds. The normalized spacial score (nSPS) is 18.8. The van der Waals surface area contributed by atoms with E-state index in [-0.39, 0.29) is 11.1 Å². The van der Waals surface area contributed by atoms with Gasteiger partial charge in [0, 0.05) is 35.5 Å². The van der Waals surface area contributed by atoms with Crippen molar-refractivity contribution in [2.45, 2.75) is 39.4 Å². The fourth-order valence-corrected chi connectivity index (χ4v) is 1.55. The first kappa shape index (κ1) is 14.2. The Morgan fingerprint density at radius 3 is 2.22 bits per heavy atom. The molecule has 1 rings (SSSR count). The number of hydrogen-bond acceptors (Lipinski definition) is 4. The smallest absolute Gasteiger partial charge is 0.251 e. The van der Waals surface area contributed by atoms with Crippen LogP contribution in [0, 0.1) is 10.1 Å². The van der Waals surface area contributed by atoms with Crippen LogP contribution in [0.4, 0.5) is 4.39 Å². The maximum atomic E-state index is 14.1. The second kappa shape index (κ2) is 4.44. The molecular formula is C12H14FNO4. The average molecular weight is 255 g/mol. The summed E-state index contributed by atoms with van der Waals surface area (Å²) in [5, 5.41) is 10.8. The predicted octanol–water partition coefficient (Wildman–Crippen LogP) is 1.79. The van der Waals surface area contributed by atoms with E-state index in [2.05, 4.69) is 0 Å². The number of rotatable bonds is 3. The minimum absolute atomic E-state index is 0.138. The summed E-state index contributed by atoms with van der Waals surface area (Å²) < 4.78 is 14.1. The van der Waals surface area contributed by atoms with Gasteiger partial charge >= 0.3 is 0 Å². The highest BCUT2D eigenvalue weighted by atomic mass is 19.1. The van der Waals surface area contributed by atoms with Gasteiger partial charge in [-0.2, -0.15) is 0 Å². The molecule has 0 N–H and O–H groups in total. The first-order chi connectivity index (χ1) is 8.10. The van der Waals surface area contributed by atoms with Gasteiger partial charge in [0.15, 0.2) is 17.7 Å². The van der Waals surface area contributed by atoms with E-state index >= 15 is 0 Å². The molecule has 0 saturated heterocycles. The van der Waals surface area contributed by atoms with Crippen molar-refractivity contribution in [1.29, 1.82) is 0 Å². The van der Waals surface area contributed by atoms with Crippen LogP contribution in [0.3, 0.4) is 0 Å². The lowest BCUT2D eigenvalue weighted by Crippen LogP contribution is -2.44. The third kappa shape index (κ3) is 2.10. The van der Waals surface area contributed by atoms with Crippen LogP contribution in [-0.2, 0) is 9.59 Å². The third-order valence-corrected chi connectivity index (χ3v) is 3.19. The highest BCUT2D eigenvalue weighted by molar-refractivity contribution is 6.22. The van der Waals surface area contributed by atoms with Gasteiger partial charge in [-0.15, -0.1) is 0 Å². The Bertz CT molecular complexity index is 502. The zero-order valence-corrected chi connectivity index (χ0v) is 10.6. The molecule has 18 heavy (non-hydrogen) atoms. The molecule has 0 radical (unpaired) electrons. The summed E-state index contributed by atoms with van der Waals surface area (Å²) in [4.78, 5) is 33.4. The zero-order chi connectivity index (χ0) is 14.2. The highest BCUT2D eigenvalue weighted by Crippen LogP contribution is 2.29. The van der Waals surface area contributed by atoms with Gasteiger partial charge in [0.05, 0.1) is 0 Å². The molecule has 1 unspecified atom stereocenters. The number of nitro groups is 1. The molecule has 0 aliphatic heterocycles. The van der Waals surface area contributed by atoms with Crippen molar-refractivity contribution in [3.63, 3.8) is 0 Å². The number of hydrogen-bond donors (Lipinski definition) is 0. The summed E-state index contributed by atoms with van der Waals surface area (Å²) in [5.74, 6) is -1.13. The van der Waals surface area contributed by atoms with Crippen LogP contribution in [0.25, 0.3) is 0 Å². The number of carbonyl (C=O) groups is 2. The van der Waals surface area contributed by atoms with E-state index < -0.39 is 33.8 Å². The van der Waals surface area contributed by atoms with E-state index in [1.165, 1.54) is 13.8 Å². The summed E-state index contributed by atoms with van der Waals surface area (Å²) in [6.45, 7) is 5.04. The van der Waals surface area contributed by atoms with Gasteiger partial charge in [0.25, 0.3) is 5.54 Å². The molecule has 98 valence electrons. The molecule has 0 aromatic carbocycles. The molecule has 1 aliphatic rings. The first-order valence-corrected chi connectivity index (χ1v) is 5.37. The number of halogens is 1. The van der Waals surface area contributed by atoms with Crippen molar-refractivity contribution in [2.75, 3.05) is 0 Å².